The highest BCUT2D eigenvalue weighted by atomic mass is 16.5. The van der Waals surface area contributed by atoms with Crippen molar-refractivity contribution in [3.05, 3.63) is 36.0 Å². The molecule has 0 spiro atoms. The number of likely N-dealkylation sites (tertiary alicyclic amines) is 1. The Morgan fingerprint density at radius 3 is 2.77 bits per heavy atom. The van der Waals surface area contributed by atoms with E-state index in [1.165, 1.54) is 7.11 Å². The van der Waals surface area contributed by atoms with E-state index < -0.39 is 12.0 Å². The van der Waals surface area contributed by atoms with E-state index in [2.05, 4.69) is 22.1 Å². The summed E-state index contributed by atoms with van der Waals surface area (Å²) < 4.78 is 4.90. The van der Waals surface area contributed by atoms with Gasteiger partial charge in [0.1, 0.15) is 6.04 Å². The lowest BCUT2D eigenvalue weighted by molar-refractivity contribution is -0.145. The molecule has 0 unspecified atom stereocenters. The van der Waals surface area contributed by atoms with Crippen LogP contribution >= 0.6 is 0 Å². The number of nitrogens with zero attached hydrogens (tertiary/aromatic N) is 1. The summed E-state index contributed by atoms with van der Waals surface area (Å²) in [6.07, 6.45) is 4.52. The molecule has 1 aromatic heterocycles. The van der Waals surface area contributed by atoms with Crippen LogP contribution in [0.2, 0.25) is 0 Å². The van der Waals surface area contributed by atoms with Crippen LogP contribution in [0.3, 0.4) is 0 Å². The number of benzene rings is 1. The number of H-pyrrole nitrogens is 1. The number of rotatable bonds is 6. The van der Waals surface area contributed by atoms with Crippen molar-refractivity contribution < 1.29 is 14.3 Å². The molecule has 26 heavy (non-hydrogen) atoms. The van der Waals surface area contributed by atoms with Gasteiger partial charge in [-0.25, -0.2) is 4.79 Å². The number of ether oxygens (including phenoxy) is 1. The summed E-state index contributed by atoms with van der Waals surface area (Å²) in [6.45, 7) is 4.43. The van der Waals surface area contributed by atoms with Crippen molar-refractivity contribution in [2.24, 2.45) is 5.92 Å². The lowest BCUT2D eigenvalue weighted by Gasteiger charge is -2.30. The average molecular weight is 357 g/mol. The fourth-order valence-electron chi connectivity index (χ4n) is 3.52. The number of carbonyl (C=O) groups excluding carboxylic acids is 2. The second-order valence-corrected chi connectivity index (χ2v) is 7.17. The monoisotopic (exact) mass is 357 g/mol. The largest absolute Gasteiger partial charge is 0.467 e. The fraction of sp³-hybridized carbons (Fsp3) is 0.500. The van der Waals surface area contributed by atoms with Crippen molar-refractivity contribution in [3.8, 4) is 0 Å². The average Bonchev–Trinajstić information content (AvgIpc) is 3.05. The van der Waals surface area contributed by atoms with Crippen LogP contribution in [-0.4, -0.2) is 54.5 Å². The van der Waals surface area contributed by atoms with Crippen LogP contribution < -0.4 is 5.32 Å². The first-order valence-electron chi connectivity index (χ1n) is 9.21. The van der Waals surface area contributed by atoms with E-state index in [-0.39, 0.29) is 5.91 Å². The zero-order chi connectivity index (χ0) is 18.5. The molecule has 6 nitrogen and oxygen atoms in total. The molecule has 2 heterocycles. The summed E-state index contributed by atoms with van der Waals surface area (Å²) >= 11 is 0. The molecule has 1 aliphatic rings. The second kappa shape index (κ2) is 8.36. The van der Waals surface area contributed by atoms with E-state index in [1.807, 2.05) is 30.5 Å². The van der Waals surface area contributed by atoms with Gasteiger partial charge in [-0.1, -0.05) is 25.1 Å². The molecule has 1 amide bonds. The Bertz CT molecular complexity index is 763. The molecule has 1 aromatic carbocycles. The normalized spacial score (nSPS) is 17.2. The van der Waals surface area contributed by atoms with Gasteiger partial charge in [-0.3, -0.25) is 9.69 Å². The first kappa shape index (κ1) is 18.5. The number of hydrogen-bond donors (Lipinski definition) is 2. The number of carbonyl (C=O) groups is 2. The van der Waals surface area contributed by atoms with Crippen molar-refractivity contribution in [1.29, 1.82) is 0 Å². The Balaban J connectivity index is 1.64. The number of aromatic nitrogens is 1. The van der Waals surface area contributed by atoms with Crippen LogP contribution in [0.4, 0.5) is 0 Å². The first-order chi connectivity index (χ1) is 12.6. The Morgan fingerprint density at radius 2 is 2.04 bits per heavy atom. The molecule has 1 atom stereocenters. The number of fused-ring (bicyclic) bond motifs is 1. The van der Waals surface area contributed by atoms with E-state index in [9.17, 15) is 9.59 Å². The van der Waals surface area contributed by atoms with Gasteiger partial charge in [-0.05, 0) is 43.5 Å². The van der Waals surface area contributed by atoms with E-state index in [4.69, 9.17) is 4.74 Å². The van der Waals surface area contributed by atoms with Gasteiger partial charge < -0.3 is 15.0 Å². The zero-order valence-electron chi connectivity index (χ0n) is 15.5. The van der Waals surface area contributed by atoms with Gasteiger partial charge in [-0.2, -0.15) is 0 Å². The summed E-state index contributed by atoms with van der Waals surface area (Å²) in [6, 6.07) is 7.23. The highest BCUT2D eigenvalue weighted by molar-refractivity contribution is 5.87. The molecular formula is C20H27N3O3. The zero-order valence-corrected chi connectivity index (χ0v) is 15.5. The van der Waals surface area contributed by atoms with E-state index >= 15 is 0 Å². The topological polar surface area (TPSA) is 74.4 Å². The third kappa shape index (κ3) is 4.43. The summed E-state index contributed by atoms with van der Waals surface area (Å²) in [5.41, 5.74) is 2.00. The maximum absolute atomic E-state index is 12.4. The van der Waals surface area contributed by atoms with Crippen LogP contribution in [-0.2, 0) is 20.7 Å². The smallest absolute Gasteiger partial charge is 0.328 e. The maximum Gasteiger partial charge on any atom is 0.328 e. The molecule has 0 saturated carbocycles. The number of amides is 1. The Labute approximate surface area is 153 Å². The summed E-state index contributed by atoms with van der Waals surface area (Å²) in [5.74, 6) is 0.171. The fourth-order valence-corrected chi connectivity index (χ4v) is 3.52. The molecule has 0 aliphatic carbocycles. The number of nitrogens with one attached hydrogen (secondary N) is 2. The van der Waals surface area contributed by atoms with Gasteiger partial charge in [0.2, 0.25) is 5.91 Å². The van der Waals surface area contributed by atoms with E-state index in [0.29, 0.717) is 13.0 Å². The lowest BCUT2D eigenvalue weighted by Crippen LogP contribution is -2.48. The quantitative estimate of drug-likeness (QED) is 0.777. The van der Waals surface area contributed by atoms with Crippen LogP contribution in [0.25, 0.3) is 10.9 Å². The summed E-state index contributed by atoms with van der Waals surface area (Å²) in [5, 5.41) is 3.92. The summed E-state index contributed by atoms with van der Waals surface area (Å²) in [4.78, 5) is 30.0. The molecule has 140 valence electrons. The predicted octanol–water partition coefficient (Wildman–Crippen LogP) is 2.10. The SMILES string of the molecule is COC(=O)[C@H](Cc1c[nH]c2ccccc12)NC(=O)CN1CCC(C)CC1. The molecule has 0 bridgehead atoms. The first-order valence-corrected chi connectivity index (χ1v) is 9.21. The van der Waals surface area contributed by atoms with Gasteiger partial charge in [0.15, 0.2) is 0 Å². The van der Waals surface area contributed by atoms with Crippen molar-refractivity contribution in [2.45, 2.75) is 32.2 Å². The number of piperidine rings is 1. The Morgan fingerprint density at radius 1 is 1.31 bits per heavy atom. The van der Waals surface area contributed by atoms with Gasteiger partial charge in [-0.15, -0.1) is 0 Å². The molecule has 2 N–H and O–H groups in total. The second-order valence-electron chi connectivity index (χ2n) is 7.17. The maximum atomic E-state index is 12.4. The molecule has 6 heteroatoms. The minimum absolute atomic E-state index is 0.130. The molecule has 3 rings (SSSR count). The standard InChI is InChI=1S/C20H27N3O3/c1-14-7-9-23(10-8-14)13-19(24)22-18(20(25)26-2)11-15-12-21-17-6-4-3-5-16(15)17/h3-6,12,14,18,21H,7-11,13H2,1-2H3,(H,22,24)/t18-/m0/s1. The molecule has 1 fully saturated rings. The van der Waals surface area contributed by atoms with Gasteiger partial charge >= 0.3 is 5.97 Å². The van der Waals surface area contributed by atoms with Crippen LogP contribution in [0, 0.1) is 5.92 Å². The van der Waals surface area contributed by atoms with Crippen LogP contribution in [0.5, 0.6) is 0 Å². The molecule has 1 saturated heterocycles. The van der Waals surface area contributed by atoms with Crippen molar-refractivity contribution >= 4 is 22.8 Å². The number of methoxy groups -OCH3 is 1. The molecular weight excluding hydrogens is 330 g/mol. The van der Waals surface area contributed by atoms with Gasteiger partial charge in [0, 0.05) is 23.5 Å². The summed E-state index contributed by atoms with van der Waals surface area (Å²) in [7, 11) is 1.35. The molecule has 2 aromatic rings. The van der Waals surface area contributed by atoms with Gasteiger partial charge in [0.25, 0.3) is 0 Å². The van der Waals surface area contributed by atoms with Crippen LogP contribution in [0.15, 0.2) is 30.5 Å². The molecule has 1 aliphatic heterocycles. The van der Waals surface area contributed by atoms with Crippen molar-refractivity contribution in [2.75, 3.05) is 26.7 Å². The number of para-hydroxylation sites is 1. The predicted molar refractivity (Wildman–Crippen MR) is 101 cm³/mol. The highest BCUT2D eigenvalue weighted by Crippen LogP contribution is 2.19. The molecule has 0 radical (unpaired) electrons. The Hall–Kier alpha value is -2.34. The number of hydrogen-bond acceptors (Lipinski definition) is 4. The number of aromatic amines is 1. The van der Waals surface area contributed by atoms with E-state index in [1.54, 1.807) is 0 Å². The van der Waals surface area contributed by atoms with E-state index in [0.717, 1.165) is 48.3 Å². The van der Waals surface area contributed by atoms with Crippen LogP contribution in [0.1, 0.15) is 25.3 Å². The third-order valence-corrected chi connectivity index (χ3v) is 5.16. The third-order valence-electron chi connectivity index (χ3n) is 5.16. The minimum atomic E-state index is -0.685. The van der Waals surface area contributed by atoms with Crippen molar-refractivity contribution in [3.63, 3.8) is 0 Å². The highest BCUT2D eigenvalue weighted by Gasteiger charge is 2.25. The Kier molecular flexibility index (Phi) is 5.93. The number of esters is 1. The lowest BCUT2D eigenvalue weighted by atomic mass is 9.99. The van der Waals surface area contributed by atoms with Crippen molar-refractivity contribution in [1.82, 2.24) is 15.2 Å². The minimum Gasteiger partial charge on any atom is -0.467 e. The van der Waals surface area contributed by atoms with Gasteiger partial charge in [0.05, 0.1) is 13.7 Å².